The first-order valence-electron chi connectivity index (χ1n) is 11.2. The van der Waals surface area contributed by atoms with Crippen LogP contribution in [-0.4, -0.2) is 47.0 Å². The average molecular weight is 409 g/mol. The third-order valence-corrected chi connectivity index (χ3v) is 5.72. The second-order valence-electron chi connectivity index (χ2n) is 9.25. The van der Waals surface area contributed by atoms with E-state index in [0.29, 0.717) is 5.92 Å². The van der Waals surface area contributed by atoms with Crippen molar-refractivity contribution >= 4 is 11.7 Å². The number of hydrogen-bond donors (Lipinski definition) is 0. The standard InChI is InChI=1S/C25H36N4O/c1-17(2)15-23-26-20(6)22(16-21-9-7-19(5)8-10-21)24(27-23)28-11-13-29(14-12-28)25(30)18(3)4/h7-10,17-18H,11-16H2,1-6H3. The lowest BCUT2D eigenvalue weighted by molar-refractivity contribution is -0.134. The molecule has 30 heavy (non-hydrogen) atoms. The van der Waals surface area contributed by atoms with E-state index in [4.69, 9.17) is 9.97 Å². The molecule has 5 nitrogen and oxygen atoms in total. The summed E-state index contributed by atoms with van der Waals surface area (Å²) >= 11 is 0. The van der Waals surface area contributed by atoms with Gasteiger partial charge in [-0.1, -0.05) is 57.5 Å². The first-order chi connectivity index (χ1) is 14.2. The van der Waals surface area contributed by atoms with Crippen LogP contribution in [0.2, 0.25) is 0 Å². The smallest absolute Gasteiger partial charge is 0.225 e. The van der Waals surface area contributed by atoms with E-state index in [1.165, 1.54) is 16.7 Å². The summed E-state index contributed by atoms with van der Waals surface area (Å²) in [5.41, 5.74) is 4.82. The van der Waals surface area contributed by atoms with E-state index in [0.717, 1.165) is 56.4 Å². The van der Waals surface area contributed by atoms with Crippen LogP contribution in [0.1, 0.15) is 55.9 Å². The van der Waals surface area contributed by atoms with E-state index < -0.39 is 0 Å². The third kappa shape index (κ3) is 5.38. The van der Waals surface area contributed by atoms with Gasteiger partial charge in [0, 0.05) is 56.2 Å². The second-order valence-corrected chi connectivity index (χ2v) is 9.25. The van der Waals surface area contributed by atoms with Crippen LogP contribution in [0.25, 0.3) is 0 Å². The molecule has 0 aliphatic carbocycles. The number of aromatic nitrogens is 2. The van der Waals surface area contributed by atoms with Gasteiger partial charge in [0.25, 0.3) is 0 Å². The van der Waals surface area contributed by atoms with Crippen molar-refractivity contribution in [1.29, 1.82) is 0 Å². The molecule has 0 saturated carbocycles. The summed E-state index contributed by atoms with van der Waals surface area (Å²) in [6, 6.07) is 8.71. The molecule has 0 unspecified atom stereocenters. The van der Waals surface area contributed by atoms with Crippen LogP contribution in [-0.2, 0) is 17.6 Å². The Bertz CT molecular complexity index is 865. The maximum absolute atomic E-state index is 12.4. The van der Waals surface area contributed by atoms with Crippen LogP contribution in [0.5, 0.6) is 0 Å². The largest absolute Gasteiger partial charge is 0.353 e. The first-order valence-corrected chi connectivity index (χ1v) is 11.2. The molecule has 3 rings (SSSR count). The van der Waals surface area contributed by atoms with Gasteiger partial charge in [0.1, 0.15) is 11.6 Å². The molecule has 0 N–H and O–H groups in total. The third-order valence-electron chi connectivity index (χ3n) is 5.72. The van der Waals surface area contributed by atoms with Crippen molar-refractivity contribution in [3.05, 3.63) is 52.5 Å². The summed E-state index contributed by atoms with van der Waals surface area (Å²) in [5, 5.41) is 0. The molecule has 0 radical (unpaired) electrons. The summed E-state index contributed by atoms with van der Waals surface area (Å²) in [6.07, 6.45) is 1.71. The van der Waals surface area contributed by atoms with Crippen LogP contribution in [0.15, 0.2) is 24.3 Å². The fourth-order valence-corrected chi connectivity index (χ4v) is 3.98. The Morgan fingerprint density at radius 3 is 2.17 bits per heavy atom. The van der Waals surface area contributed by atoms with Crippen LogP contribution >= 0.6 is 0 Å². The molecule has 1 aromatic carbocycles. The summed E-state index contributed by atoms with van der Waals surface area (Å²) in [7, 11) is 0. The van der Waals surface area contributed by atoms with Gasteiger partial charge in [-0.2, -0.15) is 0 Å². The normalized spacial score (nSPS) is 14.7. The molecule has 0 atom stereocenters. The van der Waals surface area contributed by atoms with E-state index in [1.54, 1.807) is 0 Å². The summed E-state index contributed by atoms with van der Waals surface area (Å²) in [4.78, 5) is 26.6. The van der Waals surface area contributed by atoms with Crippen molar-refractivity contribution in [3.8, 4) is 0 Å². The molecule has 2 aromatic rings. The lowest BCUT2D eigenvalue weighted by Gasteiger charge is -2.37. The highest BCUT2D eigenvalue weighted by Gasteiger charge is 2.26. The molecule has 2 heterocycles. The molecule has 1 aromatic heterocycles. The average Bonchev–Trinajstić information content (AvgIpc) is 2.70. The van der Waals surface area contributed by atoms with Gasteiger partial charge in [-0.25, -0.2) is 9.97 Å². The zero-order valence-electron chi connectivity index (χ0n) is 19.4. The number of benzene rings is 1. The van der Waals surface area contributed by atoms with E-state index in [2.05, 4.69) is 56.9 Å². The minimum atomic E-state index is 0.0487. The molecule has 1 aliphatic heterocycles. The van der Waals surface area contributed by atoms with Crippen molar-refractivity contribution in [1.82, 2.24) is 14.9 Å². The number of rotatable bonds is 6. The lowest BCUT2D eigenvalue weighted by atomic mass is 10.0. The first kappa shape index (κ1) is 22.3. The molecular formula is C25H36N4O. The molecule has 5 heteroatoms. The highest BCUT2D eigenvalue weighted by molar-refractivity contribution is 5.78. The van der Waals surface area contributed by atoms with Crippen molar-refractivity contribution in [2.75, 3.05) is 31.1 Å². The minimum Gasteiger partial charge on any atom is -0.353 e. The van der Waals surface area contributed by atoms with Crippen molar-refractivity contribution in [2.45, 2.75) is 54.4 Å². The van der Waals surface area contributed by atoms with Gasteiger partial charge >= 0.3 is 0 Å². The second kappa shape index (κ2) is 9.59. The van der Waals surface area contributed by atoms with E-state index in [1.807, 2.05) is 18.7 Å². The van der Waals surface area contributed by atoms with Gasteiger partial charge in [0.15, 0.2) is 0 Å². The van der Waals surface area contributed by atoms with Gasteiger partial charge in [-0.15, -0.1) is 0 Å². The topological polar surface area (TPSA) is 49.3 Å². The number of aryl methyl sites for hydroxylation is 2. The highest BCUT2D eigenvalue weighted by atomic mass is 16.2. The Labute approximate surface area is 181 Å². The Kier molecular flexibility index (Phi) is 7.11. The van der Waals surface area contributed by atoms with Crippen LogP contribution < -0.4 is 4.90 Å². The van der Waals surface area contributed by atoms with Crippen molar-refractivity contribution in [2.24, 2.45) is 11.8 Å². The molecule has 162 valence electrons. The Morgan fingerprint density at radius 1 is 0.967 bits per heavy atom. The molecule has 1 saturated heterocycles. The molecule has 1 fully saturated rings. The van der Waals surface area contributed by atoms with Gasteiger partial charge < -0.3 is 9.80 Å². The maximum atomic E-state index is 12.4. The monoisotopic (exact) mass is 408 g/mol. The quantitative estimate of drug-likeness (QED) is 0.719. The number of piperazine rings is 1. The van der Waals surface area contributed by atoms with E-state index in [-0.39, 0.29) is 11.8 Å². The predicted molar refractivity (Wildman–Crippen MR) is 123 cm³/mol. The molecule has 0 bridgehead atoms. The lowest BCUT2D eigenvalue weighted by Crippen LogP contribution is -2.50. The SMILES string of the molecule is Cc1ccc(Cc2c(C)nc(CC(C)C)nc2N2CCN(C(=O)C(C)C)CC2)cc1. The molecule has 1 amide bonds. The Balaban J connectivity index is 1.89. The van der Waals surface area contributed by atoms with Crippen LogP contribution in [0.4, 0.5) is 5.82 Å². The molecular weight excluding hydrogens is 372 g/mol. The number of carbonyl (C=O) groups excluding carboxylic acids is 1. The van der Waals surface area contributed by atoms with Crippen molar-refractivity contribution in [3.63, 3.8) is 0 Å². The van der Waals surface area contributed by atoms with Crippen LogP contribution in [0, 0.1) is 25.7 Å². The Hall–Kier alpha value is -2.43. The zero-order valence-corrected chi connectivity index (χ0v) is 19.4. The number of anilines is 1. The van der Waals surface area contributed by atoms with Gasteiger partial charge in [0.2, 0.25) is 5.91 Å². The maximum Gasteiger partial charge on any atom is 0.225 e. The fourth-order valence-electron chi connectivity index (χ4n) is 3.98. The highest BCUT2D eigenvalue weighted by Crippen LogP contribution is 2.26. The van der Waals surface area contributed by atoms with Gasteiger partial charge in [0.05, 0.1) is 0 Å². The predicted octanol–water partition coefficient (Wildman–Crippen LogP) is 4.19. The Morgan fingerprint density at radius 2 is 1.60 bits per heavy atom. The number of nitrogens with zero attached hydrogens (tertiary/aromatic N) is 4. The van der Waals surface area contributed by atoms with Gasteiger partial charge in [-0.05, 0) is 25.3 Å². The zero-order chi connectivity index (χ0) is 21.8. The van der Waals surface area contributed by atoms with E-state index >= 15 is 0 Å². The number of carbonyl (C=O) groups is 1. The summed E-state index contributed by atoms with van der Waals surface area (Å²) < 4.78 is 0. The molecule has 1 aliphatic rings. The minimum absolute atomic E-state index is 0.0487. The number of hydrogen-bond acceptors (Lipinski definition) is 4. The number of amides is 1. The molecule has 0 spiro atoms. The van der Waals surface area contributed by atoms with E-state index in [9.17, 15) is 4.79 Å². The van der Waals surface area contributed by atoms with Crippen LogP contribution in [0.3, 0.4) is 0 Å². The summed E-state index contributed by atoms with van der Waals surface area (Å²) in [6.45, 7) is 15.7. The van der Waals surface area contributed by atoms with Crippen molar-refractivity contribution < 1.29 is 4.79 Å². The fraction of sp³-hybridized carbons (Fsp3) is 0.560. The summed E-state index contributed by atoms with van der Waals surface area (Å²) in [5.74, 6) is 2.78. The van der Waals surface area contributed by atoms with Gasteiger partial charge in [-0.3, -0.25) is 4.79 Å².